The molecule has 3 heterocycles. The molecule has 0 fully saturated rings. The summed E-state index contributed by atoms with van der Waals surface area (Å²) in [5, 5.41) is 12.8. The number of benzene rings is 1. The standard InChI is InChI=1S/C23H22N2O5S/c1-3-4-11-29-16-7-5-6-15(13-16)19-18(20(26)17-9-8-14(2)30-17)21(27)22(28)25(19)23-24-10-12-31-23/h5-10,12-13,19,27H,3-4,11H2,1-2H3/t19-/m0/s1. The van der Waals surface area contributed by atoms with Crippen LogP contribution in [0.1, 0.15) is 47.7 Å². The van der Waals surface area contributed by atoms with E-state index in [0.29, 0.717) is 28.8 Å². The Kier molecular flexibility index (Phi) is 5.90. The van der Waals surface area contributed by atoms with Crippen LogP contribution in [0.15, 0.2) is 63.7 Å². The molecule has 2 aromatic heterocycles. The first-order valence-corrected chi connectivity index (χ1v) is 10.9. The summed E-state index contributed by atoms with van der Waals surface area (Å²) in [6.07, 6.45) is 3.49. The van der Waals surface area contributed by atoms with Gasteiger partial charge in [-0.2, -0.15) is 0 Å². The van der Waals surface area contributed by atoms with Gasteiger partial charge < -0.3 is 14.3 Å². The molecule has 1 aromatic carbocycles. The Hall–Kier alpha value is -3.39. The molecule has 3 aromatic rings. The second-order valence-corrected chi connectivity index (χ2v) is 8.04. The van der Waals surface area contributed by atoms with E-state index in [1.54, 1.807) is 42.8 Å². The monoisotopic (exact) mass is 438 g/mol. The lowest BCUT2D eigenvalue weighted by Gasteiger charge is -2.24. The molecular weight excluding hydrogens is 416 g/mol. The Morgan fingerprint density at radius 2 is 2.16 bits per heavy atom. The van der Waals surface area contributed by atoms with Crippen molar-refractivity contribution in [2.75, 3.05) is 11.5 Å². The molecular formula is C23H22N2O5S. The summed E-state index contributed by atoms with van der Waals surface area (Å²) in [6, 6.07) is 9.55. The van der Waals surface area contributed by atoms with E-state index in [1.165, 1.54) is 22.3 Å². The third-order valence-corrected chi connectivity index (χ3v) is 5.75. The number of unbranched alkanes of at least 4 members (excludes halogenated alkanes) is 1. The topological polar surface area (TPSA) is 92.9 Å². The minimum atomic E-state index is -0.855. The van der Waals surface area contributed by atoms with Gasteiger partial charge in [-0.3, -0.25) is 14.5 Å². The quantitative estimate of drug-likeness (QED) is 0.393. The summed E-state index contributed by atoms with van der Waals surface area (Å²) in [6.45, 7) is 4.37. The van der Waals surface area contributed by atoms with Crippen LogP contribution in [0.5, 0.6) is 5.75 Å². The lowest BCUT2D eigenvalue weighted by molar-refractivity contribution is -0.117. The fraction of sp³-hybridized carbons (Fsp3) is 0.261. The largest absolute Gasteiger partial charge is 0.503 e. The molecule has 1 atom stereocenters. The first-order valence-electron chi connectivity index (χ1n) is 10.0. The van der Waals surface area contributed by atoms with Crippen LogP contribution in [-0.2, 0) is 4.79 Å². The van der Waals surface area contributed by atoms with Gasteiger partial charge in [0.1, 0.15) is 11.5 Å². The van der Waals surface area contributed by atoms with Crippen molar-refractivity contribution in [1.29, 1.82) is 0 Å². The van der Waals surface area contributed by atoms with Crippen LogP contribution >= 0.6 is 11.3 Å². The molecule has 8 heteroatoms. The maximum absolute atomic E-state index is 13.3. The molecule has 31 heavy (non-hydrogen) atoms. The number of aromatic nitrogens is 1. The molecule has 0 saturated heterocycles. The molecule has 1 aliphatic rings. The number of carbonyl (C=O) groups is 2. The highest BCUT2D eigenvalue weighted by molar-refractivity contribution is 7.13. The van der Waals surface area contributed by atoms with E-state index in [0.717, 1.165) is 12.8 Å². The highest BCUT2D eigenvalue weighted by Crippen LogP contribution is 2.43. The number of aliphatic hydroxyl groups excluding tert-OH is 1. The zero-order chi connectivity index (χ0) is 22.0. The van der Waals surface area contributed by atoms with Crippen molar-refractivity contribution >= 4 is 28.2 Å². The van der Waals surface area contributed by atoms with Crippen LogP contribution in [-0.4, -0.2) is 28.4 Å². The van der Waals surface area contributed by atoms with Crippen LogP contribution in [0.2, 0.25) is 0 Å². The molecule has 0 bridgehead atoms. The number of hydrogen-bond donors (Lipinski definition) is 1. The molecule has 1 amide bonds. The summed E-state index contributed by atoms with van der Waals surface area (Å²) in [5.74, 6) is -0.564. The van der Waals surface area contributed by atoms with Gasteiger partial charge in [0.2, 0.25) is 5.78 Å². The van der Waals surface area contributed by atoms with Gasteiger partial charge in [0, 0.05) is 11.6 Å². The molecule has 0 saturated carbocycles. The predicted octanol–water partition coefficient (Wildman–Crippen LogP) is 5.01. The third-order valence-electron chi connectivity index (χ3n) is 4.98. The van der Waals surface area contributed by atoms with E-state index in [4.69, 9.17) is 9.15 Å². The van der Waals surface area contributed by atoms with Gasteiger partial charge in [0.15, 0.2) is 16.7 Å². The Balaban J connectivity index is 1.79. The molecule has 1 aliphatic heterocycles. The van der Waals surface area contributed by atoms with Gasteiger partial charge in [-0.25, -0.2) is 4.98 Å². The van der Waals surface area contributed by atoms with Crippen molar-refractivity contribution in [3.05, 3.63) is 76.4 Å². The molecule has 160 valence electrons. The van der Waals surface area contributed by atoms with Gasteiger partial charge in [0.25, 0.3) is 5.91 Å². The number of ether oxygens (including phenoxy) is 1. The second kappa shape index (κ2) is 8.77. The number of nitrogens with zero attached hydrogens (tertiary/aromatic N) is 2. The van der Waals surface area contributed by atoms with E-state index in [2.05, 4.69) is 11.9 Å². The van der Waals surface area contributed by atoms with E-state index in [9.17, 15) is 14.7 Å². The Bertz CT molecular complexity index is 1130. The average Bonchev–Trinajstić information content (AvgIpc) is 3.49. The minimum absolute atomic E-state index is 0.0414. The average molecular weight is 439 g/mol. The first kappa shape index (κ1) is 20.9. The summed E-state index contributed by atoms with van der Waals surface area (Å²) >= 11 is 1.25. The van der Waals surface area contributed by atoms with Gasteiger partial charge >= 0.3 is 0 Å². The fourth-order valence-electron chi connectivity index (χ4n) is 3.48. The van der Waals surface area contributed by atoms with Gasteiger partial charge in [-0.1, -0.05) is 25.5 Å². The van der Waals surface area contributed by atoms with Crippen LogP contribution in [0.4, 0.5) is 5.13 Å². The summed E-state index contributed by atoms with van der Waals surface area (Å²) < 4.78 is 11.3. The lowest BCUT2D eigenvalue weighted by atomic mass is 9.95. The van der Waals surface area contributed by atoms with Crippen molar-refractivity contribution in [2.24, 2.45) is 0 Å². The number of ketones is 1. The Morgan fingerprint density at radius 3 is 2.84 bits per heavy atom. The minimum Gasteiger partial charge on any atom is -0.503 e. The smallest absolute Gasteiger partial charge is 0.296 e. The zero-order valence-electron chi connectivity index (χ0n) is 17.2. The summed E-state index contributed by atoms with van der Waals surface area (Å²) in [7, 11) is 0. The number of anilines is 1. The van der Waals surface area contributed by atoms with Crippen molar-refractivity contribution in [2.45, 2.75) is 32.7 Å². The Morgan fingerprint density at radius 1 is 1.32 bits per heavy atom. The van der Waals surface area contributed by atoms with Crippen LogP contribution in [0, 0.1) is 6.92 Å². The molecule has 0 spiro atoms. The van der Waals surface area contributed by atoms with Gasteiger partial charge in [-0.05, 0) is 43.2 Å². The van der Waals surface area contributed by atoms with E-state index in [1.807, 2.05) is 6.07 Å². The Labute approximate surface area is 183 Å². The first-order chi connectivity index (χ1) is 15.0. The second-order valence-electron chi connectivity index (χ2n) is 7.17. The predicted molar refractivity (Wildman–Crippen MR) is 117 cm³/mol. The lowest BCUT2D eigenvalue weighted by Crippen LogP contribution is -2.30. The van der Waals surface area contributed by atoms with Gasteiger partial charge in [-0.15, -0.1) is 11.3 Å². The molecule has 0 unspecified atom stereocenters. The van der Waals surface area contributed by atoms with Crippen molar-refractivity contribution < 1.29 is 23.8 Å². The number of carbonyl (C=O) groups excluding carboxylic acids is 2. The highest BCUT2D eigenvalue weighted by Gasteiger charge is 2.46. The number of hydrogen-bond acceptors (Lipinski definition) is 7. The molecule has 0 radical (unpaired) electrons. The number of aliphatic hydroxyl groups is 1. The van der Waals surface area contributed by atoms with Gasteiger partial charge in [0.05, 0.1) is 18.2 Å². The maximum Gasteiger partial charge on any atom is 0.296 e. The van der Waals surface area contributed by atoms with Crippen molar-refractivity contribution in [1.82, 2.24) is 4.98 Å². The maximum atomic E-state index is 13.3. The van der Waals surface area contributed by atoms with E-state index >= 15 is 0 Å². The van der Waals surface area contributed by atoms with Crippen LogP contribution < -0.4 is 9.64 Å². The van der Waals surface area contributed by atoms with Crippen LogP contribution in [0.25, 0.3) is 0 Å². The summed E-state index contributed by atoms with van der Waals surface area (Å²) in [4.78, 5) is 31.9. The number of aryl methyl sites for hydroxylation is 1. The number of rotatable bonds is 8. The summed E-state index contributed by atoms with van der Waals surface area (Å²) in [5.41, 5.74) is 0.591. The van der Waals surface area contributed by atoms with Crippen LogP contribution in [0.3, 0.4) is 0 Å². The van der Waals surface area contributed by atoms with E-state index < -0.39 is 23.5 Å². The van der Waals surface area contributed by atoms with Crippen molar-refractivity contribution in [3.8, 4) is 5.75 Å². The normalized spacial score (nSPS) is 16.3. The SMILES string of the molecule is CCCCOc1cccc([C@H]2C(C(=O)c3ccc(C)o3)=C(O)C(=O)N2c2nccs2)c1. The third kappa shape index (κ3) is 3.98. The molecule has 1 N–H and O–H groups in total. The van der Waals surface area contributed by atoms with E-state index in [-0.39, 0.29) is 11.3 Å². The number of Topliss-reactive ketones (excluding diaryl/α,β-unsaturated/α-hetero) is 1. The molecule has 0 aliphatic carbocycles. The zero-order valence-corrected chi connectivity index (χ0v) is 18.0. The number of furan rings is 1. The van der Waals surface area contributed by atoms with Crippen molar-refractivity contribution in [3.63, 3.8) is 0 Å². The highest BCUT2D eigenvalue weighted by atomic mass is 32.1. The molecule has 4 rings (SSSR count). The fourth-order valence-corrected chi connectivity index (χ4v) is 4.15. The molecule has 7 nitrogen and oxygen atoms in total. The number of thiazole rings is 1. The number of amides is 1.